The predicted molar refractivity (Wildman–Crippen MR) is 63.6 cm³/mol. The van der Waals surface area contributed by atoms with Gasteiger partial charge < -0.3 is 5.32 Å². The first-order valence-electron chi connectivity index (χ1n) is 4.92. The van der Waals surface area contributed by atoms with E-state index < -0.39 is 0 Å². The lowest BCUT2D eigenvalue weighted by Gasteiger charge is -2.16. The number of aromatic nitrogens is 4. The highest BCUT2D eigenvalue weighted by Gasteiger charge is 2.22. The molecule has 2 aromatic heterocycles. The van der Waals surface area contributed by atoms with Crippen molar-refractivity contribution in [1.82, 2.24) is 23.8 Å². The number of rotatable bonds is 4. The molecule has 0 aliphatic heterocycles. The Morgan fingerprint density at radius 1 is 1.56 bits per heavy atom. The zero-order valence-electron chi connectivity index (χ0n) is 9.01. The van der Waals surface area contributed by atoms with Crippen LogP contribution in [0.25, 0.3) is 0 Å². The summed E-state index contributed by atoms with van der Waals surface area (Å²) in [6.45, 7) is 2.86. The molecule has 0 spiro atoms. The van der Waals surface area contributed by atoms with Gasteiger partial charge in [-0.2, -0.15) is 13.8 Å². The van der Waals surface area contributed by atoms with Crippen LogP contribution >= 0.6 is 23.3 Å². The molecule has 2 rings (SSSR count). The average Bonchev–Trinajstić information content (AvgIpc) is 2.87. The standard InChI is InChI=1S/C9H12ClN5S/c1-3-11-8(7-5-13-16-14-7)9-6(10)4-12-15(9)2/h4-5,8,11H,3H2,1-2H3. The molecule has 5 nitrogen and oxygen atoms in total. The number of halogens is 1. The molecule has 7 heteroatoms. The third-order valence-electron chi connectivity index (χ3n) is 2.29. The van der Waals surface area contributed by atoms with Crippen LogP contribution in [0.1, 0.15) is 24.4 Å². The topological polar surface area (TPSA) is 55.6 Å². The molecule has 16 heavy (non-hydrogen) atoms. The SMILES string of the molecule is CCNC(c1cnsn1)c1c(Cl)cnn1C. The van der Waals surface area contributed by atoms with E-state index in [0.29, 0.717) is 5.02 Å². The Bertz CT molecular complexity index is 433. The molecule has 86 valence electrons. The van der Waals surface area contributed by atoms with Crippen LogP contribution in [0.5, 0.6) is 0 Å². The van der Waals surface area contributed by atoms with Gasteiger partial charge in [-0.1, -0.05) is 18.5 Å². The second-order valence-corrected chi connectivity index (χ2v) is 4.29. The first kappa shape index (κ1) is 11.5. The first-order valence-corrected chi connectivity index (χ1v) is 6.03. The van der Waals surface area contributed by atoms with Crippen molar-refractivity contribution in [3.8, 4) is 0 Å². The smallest absolute Gasteiger partial charge is 0.0974 e. The fraction of sp³-hybridized carbons (Fsp3) is 0.444. The Labute approximate surface area is 103 Å². The molecule has 0 bridgehead atoms. The highest BCUT2D eigenvalue weighted by atomic mass is 35.5. The molecule has 2 aromatic rings. The minimum absolute atomic E-state index is 0.0521. The van der Waals surface area contributed by atoms with E-state index in [4.69, 9.17) is 11.6 Å². The molecule has 2 heterocycles. The van der Waals surface area contributed by atoms with Crippen molar-refractivity contribution in [2.45, 2.75) is 13.0 Å². The molecular formula is C9H12ClN5S. The third-order valence-corrected chi connectivity index (χ3v) is 3.08. The van der Waals surface area contributed by atoms with Gasteiger partial charge in [0.15, 0.2) is 0 Å². The minimum atomic E-state index is -0.0521. The zero-order valence-corrected chi connectivity index (χ0v) is 10.6. The Morgan fingerprint density at radius 3 is 2.88 bits per heavy atom. The van der Waals surface area contributed by atoms with Crippen LogP contribution in [0.2, 0.25) is 5.02 Å². The van der Waals surface area contributed by atoms with Crippen LogP contribution in [0.3, 0.4) is 0 Å². The lowest BCUT2D eigenvalue weighted by molar-refractivity contribution is 0.565. The van der Waals surface area contributed by atoms with Gasteiger partial charge in [0.2, 0.25) is 0 Å². The summed E-state index contributed by atoms with van der Waals surface area (Å²) >= 11 is 7.31. The summed E-state index contributed by atoms with van der Waals surface area (Å²) in [7, 11) is 1.87. The van der Waals surface area contributed by atoms with Crippen molar-refractivity contribution >= 4 is 23.3 Å². The van der Waals surface area contributed by atoms with Crippen LogP contribution in [0, 0.1) is 0 Å². The van der Waals surface area contributed by atoms with E-state index in [2.05, 4.69) is 19.2 Å². The fourth-order valence-electron chi connectivity index (χ4n) is 1.59. The Hall–Kier alpha value is -0.980. The van der Waals surface area contributed by atoms with Gasteiger partial charge in [-0.15, -0.1) is 0 Å². The molecule has 0 fully saturated rings. The van der Waals surface area contributed by atoms with E-state index in [1.54, 1.807) is 17.1 Å². The van der Waals surface area contributed by atoms with Gasteiger partial charge in [-0.3, -0.25) is 4.68 Å². The molecule has 1 N–H and O–H groups in total. The van der Waals surface area contributed by atoms with Gasteiger partial charge in [0.25, 0.3) is 0 Å². The molecule has 0 saturated carbocycles. The number of nitrogens with one attached hydrogen (secondary N) is 1. The summed E-state index contributed by atoms with van der Waals surface area (Å²) in [6.07, 6.45) is 3.39. The lowest BCUT2D eigenvalue weighted by Crippen LogP contribution is -2.24. The predicted octanol–water partition coefficient (Wildman–Crippen LogP) is 1.62. The second kappa shape index (κ2) is 4.90. The highest BCUT2D eigenvalue weighted by molar-refractivity contribution is 6.99. The van der Waals surface area contributed by atoms with E-state index >= 15 is 0 Å². The maximum Gasteiger partial charge on any atom is 0.0974 e. The summed E-state index contributed by atoms with van der Waals surface area (Å²) in [5, 5.41) is 8.10. The van der Waals surface area contributed by atoms with Crippen molar-refractivity contribution in [3.05, 3.63) is 28.8 Å². The molecule has 0 radical (unpaired) electrons. The van der Waals surface area contributed by atoms with Crippen molar-refractivity contribution in [3.63, 3.8) is 0 Å². The average molecular weight is 258 g/mol. The van der Waals surface area contributed by atoms with Crippen LogP contribution < -0.4 is 5.32 Å². The quantitative estimate of drug-likeness (QED) is 0.905. The van der Waals surface area contributed by atoms with E-state index in [1.165, 1.54) is 11.7 Å². The summed E-state index contributed by atoms with van der Waals surface area (Å²) in [6, 6.07) is -0.0521. The Kier molecular flexibility index (Phi) is 3.52. The van der Waals surface area contributed by atoms with Gasteiger partial charge in [-0.05, 0) is 6.54 Å². The number of aryl methyl sites for hydroxylation is 1. The normalized spacial score (nSPS) is 12.9. The second-order valence-electron chi connectivity index (χ2n) is 3.32. The van der Waals surface area contributed by atoms with Crippen LogP contribution in [0.4, 0.5) is 0 Å². The van der Waals surface area contributed by atoms with E-state index in [0.717, 1.165) is 17.9 Å². The van der Waals surface area contributed by atoms with Gasteiger partial charge in [-0.25, -0.2) is 0 Å². The monoisotopic (exact) mass is 257 g/mol. The van der Waals surface area contributed by atoms with Crippen molar-refractivity contribution in [2.75, 3.05) is 6.54 Å². The van der Waals surface area contributed by atoms with Crippen LogP contribution in [-0.4, -0.2) is 25.1 Å². The van der Waals surface area contributed by atoms with E-state index in [-0.39, 0.29) is 6.04 Å². The number of hydrogen-bond acceptors (Lipinski definition) is 5. The molecule has 1 unspecified atom stereocenters. The van der Waals surface area contributed by atoms with Gasteiger partial charge >= 0.3 is 0 Å². The maximum atomic E-state index is 6.12. The van der Waals surface area contributed by atoms with Crippen LogP contribution in [-0.2, 0) is 7.05 Å². The Balaban J connectivity index is 2.40. The minimum Gasteiger partial charge on any atom is -0.304 e. The molecule has 1 atom stereocenters. The molecular weight excluding hydrogens is 246 g/mol. The third kappa shape index (κ3) is 2.09. The maximum absolute atomic E-state index is 6.12. The number of hydrogen-bond donors (Lipinski definition) is 1. The lowest BCUT2D eigenvalue weighted by atomic mass is 10.1. The largest absolute Gasteiger partial charge is 0.304 e. The summed E-state index contributed by atoms with van der Waals surface area (Å²) in [5.74, 6) is 0. The van der Waals surface area contributed by atoms with Crippen molar-refractivity contribution in [1.29, 1.82) is 0 Å². The van der Waals surface area contributed by atoms with E-state index in [1.807, 2.05) is 14.0 Å². The van der Waals surface area contributed by atoms with Crippen molar-refractivity contribution in [2.24, 2.45) is 7.05 Å². The number of nitrogens with zero attached hydrogens (tertiary/aromatic N) is 4. The van der Waals surface area contributed by atoms with Crippen LogP contribution in [0.15, 0.2) is 12.4 Å². The van der Waals surface area contributed by atoms with Gasteiger partial charge in [0.05, 0.1) is 46.6 Å². The molecule has 0 amide bonds. The van der Waals surface area contributed by atoms with E-state index in [9.17, 15) is 0 Å². The summed E-state index contributed by atoms with van der Waals surface area (Å²) in [5.41, 5.74) is 1.79. The Morgan fingerprint density at radius 2 is 2.38 bits per heavy atom. The van der Waals surface area contributed by atoms with Crippen molar-refractivity contribution < 1.29 is 0 Å². The molecule has 0 aliphatic rings. The highest BCUT2D eigenvalue weighted by Crippen LogP contribution is 2.26. The molecule has 0 saturated heterocycles. The fourth-order valence-corrected chi connectivity index (χ4v) is 2.31. The van der Waals surface area contributed by atoms with Gasteiger partial charge in [0, 0.05) is 7.05 Å². The summed E-state index contributed by atoms with van der Waals surface area (Å²) < 4.78 is 10.0. The first-order chi connectivity index (χ1) is 7.74. The molecule has 0 aromatic carbocycles. The summed E-state index contributed by atoms with van der Waals surface area (Å²) in [4.78, 5) is 0. The zero-order chi connectivity index (χ0) is 11.5. The molecule has 0 aliphatic carbocycles. The van der Waals surface area contributed by atoms with Gasteiger partial charge in [0.1, 0.15) is 0 Å².